The van der Waals surface area contributed by atoms with E-state index in [2.05, 4.69) is 21.3 Å². The maximum Gasteiger partial charge on any atom is 0.293 e. The van der Waals surface area contributed by atoms with Crippen molar-refractivity contribution >= 4 is 27.0 Å². The van der Waals surface area contributed by atoms with Crippen molar-refractivity contribution in [3.8, 4) is 11.3 Å². The summed E-state index contributed by atoms with van der Waals surface area (Å²) >= 11 is 0. The molecule has 8 heteroatoms. The van der Waals surface area contributed by atoms with Crippen LogP contribution in [0.2, 0.25) is 0 Å². The van der Waals surface area contributed by atoms with Crippen molar-refractivity contribution in [2.45, 2.75) is 6.92 Å². The molecule has 0 amide bonds. The highest BCUT2D eigenvalue weighted by Crippen LogP contribution is 2.24. The zero-order valence-corrected chi connectivity index (χ0v) is 17.7. The number of aromatic nitrogens is 2. The first-order valence-electron chi connectivity index (χ1n) is 9.70. The number of hydrogen-bond donors (Lipinski definition) is 1. The quantitative estimate of drug-likeness (QED) is 0.694. The third-order valence-corrected chi connectivity index (χ3v) is 6.86. The lowest BCUT2D eigenvalue weighted by Crippen LogP contribution is -2.40. The van der Waals surface area contributed by atoms with Crippen molar-refractivity contribution in [1.29, 1.82) is 0 Å². The topological polar surface area (TPSA) is 84.3 Å². The van der Waals surface area contributed by atoms with Gasteiger partial charge < -0.3 is 14.8 Å². The Bertz CT molecular complexity index is 1220. The Labute approximate surface area is 175 Å². The van der Waals surface area contributed by atoms with Crippen LogP contribution in [0.3, 0.4) is 0 Å². The van der Waals surface area contributed by atoms with E-state index in [0.717, 1.165) is 22.5 Å². The lowest BCUT2D eigenvalue weighted by molar-refractivity contribution is 0.587. The molecule has 1 aliphatic heterocycles. The fourth-order valence-electron chi connectivity index (χ4n) is 3.48. The second-order valence-electron chi connectivity index (χ2n) is 7.41. The molecule has 1 radical (unpaired) electrons. The third kappa shape index (κ3) is 4.23. The second kappa shape index (κ2) is 7.95. The average molecular weight is 424 g/mol. The number of benzene rings is 2. The van der Waals surface area contributed by atoms with Gasteiger partial charge in [-0.1, -0.05) is 18.2 Å². The van der Waals surface area contributed by atoms with E-state index in [1.54, 1.807) is 13.2 Å². The first-order valence-corrected chi connectivity index (χ1v) is 11.5. The molecule has 0 spiro atoms. The van der Waals surface area contributed by atoms with Crippen LogP contribution in [0.1, 0.15) is 5.56 Å². The van der Waals surface area contributed by atoms with Gasteiger partial charge in [0.05, 0.1) is 17.2 Å². The second-order valence-corrected chi connectivity index (χ2v) is 9.71. The summed E-state index contributed by atoms with van der Waals surface area (Å²) in [6, 6.07) is 16.4. The maximum absolute atomic E-state index is 12.6. The van der Waals surface area contributed by atoms with Crippen molar-refractivity contribution in [3.05, 3.63) is 70.6 Å². The Kier molecular flexibility index (Phi) is 5.34. The van der Waals surface area contributed by atoms with Gasteiger partial charge in [-0.05, 0) is 42.8 Å². The summed E-state index contributed by atoms with van der Waals surface area (Å²) in [5, 5.41) is 3.12. The summed E-state index contributed by atoms with van der Waals surface area (Å²) in [6.07, 6.45) is 1.72. The van der Waals surface area contributed by atoms with Crippen LogP contribution in [-0.2, 0) is 16.9 Å². The van der Waals surface area contributed by atoms with Crippen molar-refractivity contribution in [1.82, 2.24) is 9.55 Å². The summed E-state index contributed by atoms with van der Waals surface area (Å²) in [6.45, 7) is 2.94. The molecule has 0 unspecified atom stereocenters. The Morgan fingerprint density at radius 3 is 2.47 bits per heavy atom. The van der Waals surface area contributed by atoms with Gasteiger partial charge in [0.15, 0.2) is 15.7 Å². The van der Waals surface area contributed by atoms with Crippen molar-refractivity contribution in [2.24, 2.45) is 7.05 Å². The Balaban J connectivity index is 1.57. The fourth-order valence-corrected chi connectivity index (χ4v) is 4.68. The third-order valence-electron chi connectivity index (χ3n) is 5.25. The van der Waals surface area contributed by atoms with Gasteiger partial charge in [-0.25, -0.2) is 13.4 Å². The smallest absolute Gasteiger partial charge is 0.293 e. The Morgan fingerprint density at radius 2 is 1.80 bits per heavy atom. The van der Waals surface area contributed by atoms with E-state index in [4.69, 9.17) is 0 Å². The average Bonchev–Trinajstić information content (AvgIpc) is 2.72. The molecule has 1 N–H and O–H groups in total. The number of hydrogen-bond acceptors (Lipinski definition) is 6. The van der Waals surface area contributed by atoms with E-state index in [-0.39, 0.29) is 22.9 Å². The van der Waals surface area contributed by atoms with Crippen LogP contribution >= 0.6 is 0 Å². The molecule has 1 saturated heterocycles. The molecule has 155 valence electrons. The minimum absolute atomic E-state index is 0.177. The van der Waals surface area contributed by atoms with Crippen LogP contribution < -0.4 is 15.8 Å². The molecule has 1 aromatic heterocycles. The van der Waals surface area contributed by atoms with Crippen LogP contribution in [0.5, 0.6) is 0 Å². The number of aryl methyl sites for hydroxylation is 2. The molecule has 1 aliphatic rings. The molecule has 2 aromatic carbocycles. The highest BCUT2D eigenvalue weighted by molar-refractivity contribution is 7.91. The number of sulfone groups is 1. The van der Waals surface area contributed by atoms with E-state index in [1.165, 1.54) is 4.57 Å². The normalized spacial score (nSPS) is 15.7. The van der Waals surface area contributed by atoms with Gasteiger partial charge in [0.1, 0.15) is 0 Å². The molecule has 7 nitrogen and oxygen atoms in total. The SMILES string of the molecule is Cc1[c]cccc1-c1cn(C)c(=O)c(Nc2ccc(N3CCS(=O)(=O)CC3)cc2)n1. The molecule has 0 saturated carbocycles. The Morgan fingerprint density at radius 1 is 1.10 bits per heavy atom. The monoisotopic (exact) mass is 423 g/mol. The van der Waals surface area contributed by atoms with Gasteiger partial charge in [0, 0.05) is 43.3 Å². The molecule has 4 rings (SSSR count). The number of rotatable bonds is 4. The zero-order valence-electron chi connectivity index (χ0n) is 16.9. The molecular weight excluding hydrogens is 400 g/mol. The van der Waals surface area contributed by atoms with Crippen LogP contribution in [0, 0.1) is 13.0 Å². The largest absolute Gasteiger partial charge is 0.369 e. The first-order chi connectivity index (χ1) is 14.3. The predicted octanol–water partition coefficient (Wildman–Crippen LogP) is 2.53. The Hall–Kier alpha value is -3.13. The zero-order chi connectivity index (χ0) is 21.3. The van der Waals surface area contributed by atoms with E-state index >= 15 is 0 Å². The highest BCUT2D eigenvalue weighted by Gasteiger charge is 2.21. The molecule has 0 aliphatic carbocycles. The highest BCUT2D eigenvalue weighted by atomic mass is 32.2. The van der Waals surface area contributed by atoms with Crippen molar-refractivity contribution in [3.63, 3.8) is 0 Å². The van der Waals surface area contributed by atoms with Gasteiger partial charge in [-0.3, -0.25) is 4.79 Å². The fraction of sp³-hybridized carbons (Fsp3) is 0.273. The predicted molar refractivity (Wildman–Crippen MR) is 119 cm³/mol. The molecule has 0 atom stereocenters. The maximum atomic E-state index is 12.6. The lowest BCUT2D eigenvalue weighted by Gasteiger charge is -2.28. The summed E-state index contributed by atoms with van der Waals surface area (Å²) in [7, 11) is -1.21. The standard InChI is InChI=1S/C22H23N4O3S/c1-16-5-3-4-6-19(16)20-15-25(2)22(27)21(24-20)23-17-7-9-18(10-8-17)26-11-13-30(28,29)14-12-26/h3-4,6-10,15H,11-14H2,1-2H3,(H,23,24). The van der Waals surface area contributed by atoms with Gasteiger partial charge in [-0.2, -0.15) is 0 Å². The van der Waals surface area contributed by atoms with E-state index < -0.39 is 9.84 Å². The van der Waals surface area contributed by atoms with Crippen molar-refractivity contribution in [2.75, 3.05) is 34.8 Å². The molecule has 3 aromatic rings. The van der Waals surface area contributed by atoms with Crippen LogP contribution in [0.4, 0.5) is 17.2 Å². The van der Waals surface area contributed by atoms with Crippen molar-refractivity contribution < 1.29 is 8.42 Å². The summed E-state index contributed by atoms with van der Waals surface area (Å²) < 4.78 is 24.7. The van der Waals surface area contributed by atoms with Crippen LogP contribution in [-0.4, -0.2) is 42.6 Å². The van der Waals surface area contributed by atoms with E-state index in [9.17, 15) is 13.2 Å². The molecular formula is C22H23N4O3S. The van der Waals surface area contributed by atoms with Crippen LogP contribution in [0.15, 0.2) is 53.5 Å². The first kappa shape index (κ1) is 20.2. The van der Waals surface area contributed by atoms with Gasteiger partial charge in [0.2, 0.25) is 0 Å². The van der Waals surface area contributed by atoms with Gasteiger partial charge >= 0.3 is 0 Å². The van der Waals surface area contributed by atoms with E-state index in [0.29, 0.717) is 18.8 Å². The molecule has 2 heterocycles. The van der Waals surface area contributed by atoms with Gasteiger partial charge in [0.25, 0.3) is 5.56 Å². The molecule has 30 heavy (non-hydrogen) atoms. The lowest BCUT2D eigenvalue weighted by atomic mass is 10.1. The van der Waals surface area contributed by atoms with Gasteiger partial charge in [-0.15, -0.1) is 0 Å². The minimum Gasteiger partial charge on any atom is -0.369 e. The summed E-state index contributed by atoms with van der Waals surface area (Å²) in [4.78, 5) is 19.2. The van der Waals surface area contributed by atoms with E-state index in [1.807, 2.05) is 49.4 Å². The number of nitrogens with zero attached hydrogens (tertiary/aromatic N) is 3. The molecule has 0 bridgehead atoms. The number of nitrogens with one attached hydrogen (secondary N) is 1. The minimum atomic E-state index is -2.91. The summed E-state index contributed by atoms with van der Waals surface area (Å²) in [5.41, 5.74) is 4.05. The number of anilines is 3. The molecule has 1 fully saturated rings. The van der Waals surface area contributed by atoms with Crippen LogP contribution in [0.25, 0.3) is 11.3 Å². The summed E-state index contributed by atoms with van der Waals surface area (Å²) in [5.74, 6) is 0.599.